The Bertz CT molecular complexity index is 484. The zero-order valence-electron chi connectivity index (χ0n) is 9.03. The van der Waals surface area contributed by atoms with Gasteiger partial charge in [0.25, 0.3) is 0 Å². The maximum atomic E-state index is 5.83. The number of fused-ring (bicyclic) bond motifs is 1. The monoisotopic (exact) mass is 224 g/mol. The van der Waals surface area contributed by atoms with Gasteiger partial charge in [-0.15, -0.1) is 10.2 Å². The van der Waals surface area contributed by atoms with Crippen LogP contribution in [0, 0.1) is 5.41 Å². The Kier molecular flexibility index (Phi) is 2.38. The van der Waals surface area contributed by atoms with Crippen molar-refractivity contribution in [3.8, 4) is 0 Å². The fourth-order valence-electron chi connectivity index (χ4n) is 1.40. The molecule has 2 heterocycles. The lowest BCUT2D eigenvalue weighted by atomic mass is 9.92. The largest absolute Gasteiger partial charge is 0.196 e. The molecule has 80 valence electrons. The summed E-state index contributed by atoms with van der Waals surface area (Å²) in [6.07, 6.45) is 0.821. The van der Waals surface area contributed by atoms with Gasteiger partial charge in [-0.1, -0.05) is 32.4 Å². The summed E-state index contributed by atoms with van der Waals surface area (Å²) in [4.78, 5) is 0. The number of hydrogen-bond acceptors (Lipinski definition) is 3. The maximum absolute atomic E-state index is 5.83. The van der Waals surface area contributed by atoms with Crippen molar-refractivity contribution in [1.29, 1.82) is 0 Å². The van der Waals surface area contributed by atoms with Crippen LogP contribution < -0.4 is 0 Å². The first-order valence-electron chi connectivity index (χ1n) is 4.82. The summed E-state index contributed by atoms with van der Waals surface area (Å²) in [5.41, 5.74) is 0.895. The van der Waals surface area contributed by atoms with Gasteiger partial charge in [0.15, 0.2) is 11.5 Å². The van der Waals surface area contributed by atoms with E-state index < -0.39 is 0 Å². The molecule has 0 aromatic carbocycles. The first-order chi connectivity index (χ1) is 6.96. The van der Waals surface area contributed by atoms with Crippen LogP contribution in [0.25, 0.3) is 5.65 Å². The van der Waals surface area contributed by atoms with Gasteiger partial charge in [0.05, 0.1) is 0 Å². The lowest BCUT2D eigenvalue weighted by Gasteiger charge is -2.15. The minimum atomic E-state index is 0.160. The number of halogens is 1. The molecule has 4 nitrogen and oxygen atoms in total. The number of nitrogens with zero attached hydrogens (tertiary/aromatic N) is 4. The zero-order valence-corrected chi connectivity index (χ0v) is 9.78. The Balaban J connectivity index is 2.48. The van der Waals surface area contributed by atoms with Gasteiger partial charge in [-0.3, -0.25) is 0 Å². The lowest BCUT2D eigenvalue weighted by Crippen LogP contribution is -2.12. The van der Waals surface area contributed by atoms with Gasteiger partial charge in [0, 0.05) is 6.42 Å². The minimum Gasteiger partial charge on any atom is -0.196 e. The second kappa shape index (κ2) is 3.45. The van der Waals surface area contributed by atoms with Crippen molar-refractivity contribution in [2.24, 2.45) is 5.41 Å². The lowest BCUT2D eigenvalue weighted by molar-refractivity contribution is 0.396. The predicted molar refractivity (Wildman–Crippen MR) is 59.0 cm³/mol. The molecule has 0 aliphatic rings. The van der Waals surface area contributed by atoms with E-state index in [9.17, 15) is 0 Å². The highest BCUT2D eigenvalue weighted by Gasteiger charge is 2.16. The molecule has 0 unspecified atom stereocenters. The summed E-state index contributed by atoms with van der Waals surface area (Å²) in [6, 6.07) is 3.53. The van der Waals surface area contributed by atoms with E-state index >= 15 is 0 Å². The third kappa shape index (κ3) is 2.26. The standard InChI is InChI=1S/C10H13ClN4/c1-10(2,3)6-9-13-12-8-5-4-7(11)14-15(8)9/h4-5H,6H2,1-3H3. The molecule has 0 fully saturated rings. The average molecular weight is 225 g/mol. The van der Waals surface area contributed by atoms with Gasteiger partial charge in [0.1, 0.15) is 5.15 Å². The number of rotatable bonds is 1. The summed E-state index contributed by atoms with van der Waals surface area (Å²) in [7, 11) is 0. The molecule has 0 amide bonds. The predicted octanol–water partition coefficient (Wildman–Crippen LogP) is 2.37. The molecular weight excluding hydrogens is 212 g/mol. The van der Waals surface area contributed by atoms with Crippen LogP contribution in [-0.2, 0) is 6.42 Å². The average Bonchev–Trinajstić information content (AvgIpc) is 2.46. The molecule has 0 aliphatic carbocycles. The third-order valence-corrected chi connectivity index (χ3v) is 2.18. The Morgan fingerprint density at radius 3 is 2.67 bits per heavy atom. The van der Waals surface area contributed by atoms with Crippen LogP contribution in [0.3, 0.4) is 0 Å². The van der Waals surface area contributed by atoms with E-state index in [0.29, 0.717) is 5.15 Å². The minimum absolute atomic E-state index is 0.160. The molecule has 0 bridgehead atoms. The SMILES string of the molecule is CC(C)(C)Cc1nnc2ccc(Cl)nn12. The molecule has 2 rings (SSSR count). The van der Waals surface area contributed by atoms with Crippen LogP contribution in [0.15, 0.2) is 12.1 Å². The van der Waals surface area contributed by atoms with E-state index in [1.165, 1.54) is 0 Å². The van der Waals surface area contributed by atoms with Gasteiger partial charge in [-0.25, -0.2) is 0 Å². The van der Waals surface area contributed by atoms with E-state index in [0.717, 1.165) is 17.9 Å². The molecule has 2 aromatic rings. The van der Waals surface area contributed by atoms with Crippen LogP contribution in [0.2, 0.25) is 5.15 Å². The van der Waals surface area contributed by atoms with Crippen LogP contribution >= 0.6 is 11.6 Å². The molecule has 0 aliphatic heterocycles. The molecular formula is C10H13ClN4. The molecule has 0 atom stereocenters. The van der Waals surface area contributed by atoms with Crippen LogP contribution in [-0.4, -0.2) is 19.8 Å². The summed E-state index contributed by atoms with van der Waals surface area (Å²) in [6.45, 7) is 6.45. The van der Waals surface area contributed by atoms with Gasteiger partial charge in [0.2, 0.25) is 0 Å². The molecule has 0 N–H and O–H groups in total. The number of hydrogen-bond donors (Lipinski definition) is 0. The topological polar surface area (TPSA) is 43.1 Å². The van der Waals surface area contributed by atoms with Crippen molar-refractivity contribution < 1.29 is 0 Å². The smallest absolute Gasteiger partial charge is 0.178 e. The Morgan fingerprint density at radius 2 is 2.00 bits per heavy atom. The van der Waals surface area contributed by atoms with Gasteiger partial charge in [-0.2, -0.15) is 9.61 Å². The normalized spacial score (nSPS) is 12.3. The van der Waals surface area contributed by atoms with E-state index in [4.69, 9.17) is 11.6 Å². The van der Waals surface area contributed by atoms with E-state index in [2.05, 4.69) is 36.1 Å². The second-order valence-electron chi connectivity index (χ2n) is 4.78. The van der Waals surface area contributed by atoms with E-state index in [1.54, 1.807) is 10.6 Å². The molecule has 0 saturated heterocycles. The van der Waals surface area contributed by atoms with Crippen LogP contribution in [0.4, 0.5) is 0 Å². The van der Waals surface area contributed by atoms with Crippen molar-refractivity contribution in [3.63, 3.8) is 0 Å². The van der Waals surface area contributed by atoms with E-state index in [-0.39, 0.29) is 5.41 Å². The van der Waals surface area contributed by atoms with Crippen molar-refractivity contribution in [2.75, 3.05) is 0 Å². The Morgan fingerprint density at radius 1 is 1.27 bits per heavy atom. The zero-order chi connectivity index (χ0) is 11.1. The summed E-state index contributed by atoms with van der Waals surface area (Å²) in [5.74, 6) is 0.847. The maximum Gasteiger partial charge on any atom is 0.178 e. The van der Waals surface area contributed by atoms with Crippen molar-refractivity contribution in [2.45, 2.75) is 27.2 Å². The Hall–Kier alpha value is -1.16. The summed E-state index contributed by atoms with van der Waals surface area (Å²) in [5, 5.41) is 12.8. The molecule has 0 saturated carbocycles. The van der Waals surface area contributed by atoms with Crippen molar-refractivity contribution in [3.05, 3.63) is 23.1 Å². The summed E-state index contributed by atoms with van der Waals surface area (Å²) >= 11 is 5.83. The molecule has 2 aromatic heterocycles. The fraction of sp³-hybridized carbons (Fsp3) is 0.500. The first kappa shape index (κ1) is 10.4. The second-order valence-corrected chi connectivity index (χ2v) is 5.17. The van der Waals surface area contributed by atoms with E-state index in [1.807, 2.05) is 6.07 Å². The highest BCUT2D eigenvalue weighted by molar-refractivity contribution is 6.29. The van der Waals surface area contributed by atoms with Crippen molar-refractivity contribution in [1.82, 2.24) is 19.8 Å². The quantitative estimate of drug-likeness (QED) is 0.747. The van der Waals surface area contributed by atoms with Crippen LogP contribution in [0.1, 0.15) is 26.6 Å². The highest BCUT2D eigenvalue weighted by Crippen LogP contribution is 2.19. The molecule has 0 radical (unpaired) electrons. The molecule has 5 heteroatoms. The van der Waals surface area contributed by atoms with Gasteiger partial charge >= 0.3 is 0 Å². The summed E-state index contributed by atoms with van der Waals surface area (Å²) < 4.78 is 1.70. The highest BCUT2D eigenvalue weighted by atomic mass is 35.5. The molecule has 0 spiro atoms. The first-order valence-corrected chi connectivity index (χ1v) is 5.20. The van der Waals surface area contributed by atoms with Gasteiger partial charge < -0.3 is 0 Å². The number of aromatic nitrogens is 4. The van der Waals surface area contributed by atoms with Crippen LogP contribution in [0.5, 0.6) is 0 Å². The fourth-order valence-corrected chi connectivity index (χ4v) is 1.53. The van der Waals surface area contributed by atoms with Crippen molar-refractivity contribution >= 4 is 17.2 Å². The Labute approximate surface area is 93.3 Å². The molecule has 15 heavy (non-hydrogen) atoms. The third-order valence-electron chi connectivity index (χ3n) is 1.98. The van der Waals surface area contributed by atoms with Gasteiger partial charge in [-0.05, 0) is 17.5 Å².